The molecule has 144 valence electrons. The van der Waals surface area contributed by atoms with Gasteiger partial charge < -0.3 is 19.7 Å². The van der Waals surface area contributed by atoms with Crippen molar-refractivity contribution in [3.63, 3.8) is 0 Å². The molecule has 0 saturated carbocycles. The highest BCUT2D eigenvalue weighted by Gasteiger charge is 2.32. The van der Waals surface area contributed by atoms with Crippen LogP contribution in [0.4, 0.5) is 29.1 Å². The van der Waals surface area contributed by atoms with E-state index in [1.165, 1.54) is 12.3 Å². The van der Waals surface area contributed by atoms with E-state index >= 15 is 0 Å². The molecule has 0 radical (unpaired) electrons. The zero-order valence-corrected chi connectivity index (χ0v) is 15.1. The van der Waals surface area contributed by atoms with Crippen molar-refractivity contribution in [3.05, 3.63) is 46.3 Å². The second-order valence-corrected chi connectivity index (χ2v) is 6.33. The number of pyridine rings is 1. The molecule has 6 nitrogen and oxygen atoms in total. The van der Waals surface area contributed by atoms with Crippen molar-refractivity contribution in [1.82, 2.24) is 4.98 Å². The van der Waals surface area contributed by atoms with Crippen molar-refractivity contribution in [2.24, 2.45) is 0 Å². The van der Waals surface area contributed by atoms with Crippen LogP contribution in [0.25, 0.3) is 0 Å². The Balaban J connectivity index is 1.71. The Morgan fingerprint density at radius 3 is 2.70 bits per heavy atom. The first-order chi connectivity index (χ1) is 12.7. The van der Waals surface area contributed by atoms with Crippen LogP contribution in [0.15, 0.2) is 34.9 Å². The van der Waals surface area contributed by atoms with Crippen LogP contribution in [0.2, 0.25) is 0 Å². The smallest absolute Gasteiger partial charge is 0.403 e. The molecular weight excluding hydrogens is 438 g/mol. The summed E-state index contributed by atoms with van der Waals surface area (Å²) in [5.74, 6) is -2.23. The lowest BCUT2D eigenvalue weighted by Crippen LogP contribution is -2.21. The van der Waals surface area contributed by atoms with E-state index in [4.69, 9.17) is 4.74 Å². The van der Waals surface area contributed by atoms with Gasteiger partial charge in [0.05, 0.1) is 16.6 Å². The number of halogens is 5. The van der Waals surface area contributed by atoms with Gasteiger partial charge in [-0.1, -0.05) is 0 Å². The Morgan fingerprint density at radius 1 is 1.33 bits per heavy atom. The molecule has 1 amide bonds. The number of alkyl halides is 3. The molecule has 1 N–H and O–H groups in total. The monoisotopic (exact) mass is 449 g/mol. The van der Waals surface area contributed by atoms with Crippen LogP contribution in [0, 0.1) is 5.82 Å². The molecule has 1 aliphatic rings. The molecular formula is C16H12BrF4N3O3. The fraction of sp³-hybridized carbons (Fsp3) is 0.250. The average molecular weight is 450 g/mol. The minimum Gasteiger partial charge on any atom is -0.403 e. The molecule has 0 unspecified atom stereocenters. The van der Waals surface area contributed by atoms with Crippen molar-refractivity contribution in [1.29, 1.82) is 0 Å². The molecule has 0 bridgehead atoms. The van der Waals surface area contributed by atoms with Gasteiger partial charge in [0, 0.05) is 24.5 Å². The molecule has 1 aromatic carbocycles. The number of amides is 1. The van der Waals surface area contributed by atoms with Crippen molar-refractivity contribution in [2.75, 3.05) is 30.1 Å². The number of nitrogens with one attached hydrogen (secondary N) is 1. The van der Waals surface area contributed by atoms with Gasteiger partial charge in [-0.3, -0.25) is 4.79 Å². The van der Waals surface area contributed by atoms with Gasteiger partial charge in [-0.25, -0.2) is 9.37 Å². The molecule has 0 spiro atoms. The van der Waals surface area contributed by atoms with Crippen molar-refractivity contribution in [2.45, 2.75) is 6.36 Å². The molecule has 1 aliphatic heterocycles. The van der Waals surface area contributed by atoms with Crippen molar-refractivity contribution >= 4 is 33.3 Å². The fourth-order valence-electron chi connectivity index (χ4n) is 2.36. The number of aromatic nitrogens is 1. The molecule has 1 aromatic heterocycles. The third kappa shape index (κ3) is 4.86. The number of benzene rings is 1. The molecule has 27 heavy (non-hydrogen) atoms. The topological polar surface area (TPSA) is 63.7 Å². The van der Waals surface area contributed by atoms with Gasteiger partial charge in [0.1, 0.15) is 12.5 Å². The summed E-state index contributed by atoms with van der Waals surface area (Å²) < 4.78 is 59.5. The molecule has 11 heteroatoms. The largest absolute Gasteiger partial charge is 0.573 e. The second-order valence-electron chi connectivity index (χ2n) is 5.48. The Morgan fingerprint density at radius 2 is 2.11 bits per heavy atom. The van der Waals surface area contributed by atoms with E-state index < -0.39 is 23.8 Å². The van der Waals surface area contributed by atoms with E-state index in [-0.39, 0.29) is 11.3 Å². The number of hydrogen-bond acceptors (Lipinski definition) is 5. The van der Waals surface area contributed by atoms with Crippen LogP contribution < -0.4 is 15.0 Å². The summed E-state index contributed by atoms with van der Waals surface area (Å²) in [6, 6.07) is 4.15. The summed E-state index contributed by atoms with van der Waals surface area (Å²) >= 11 is 3.34. The Kier molecular flexibility index (Phi) is 5.51. The summed E-state index contributed by atoms with van der Waals surface area (Å²) in [5.41, 5.74) is 0.155. The van der Waals surface area contributed by atoms with Crippen LogP contribution in [-0.2, 0) is 4.74 Å². The summed E-state index contributed by atoms with van der Waals surface area (Å²) in [6.45, 7) is 1.64. The first-order valence-electron chi connectivity index (χ1n) is 7.58. The standard InChI is InChI=1S/C16H12BrF4N3O3/c17-11-5-9(7-22-14(11)24-3-4-26-8-24)15(25)23-10-1-2-13(12(18)6-10)27-16(19,20)21/h1-2,5-7H,3-4,8H2,(H,23,25). The lowest BCUT2D eigenvalue weighted by Gasteiger charge is -2.16. The number of hydrogen-bond donors (Lipinski definition) is 1. The number of anilines is 2. The van der Waals surface area contributed by atoms with Gasteiger partial charge in [0.15, 0.2) is 11.6 Å². The molecule has 3 rings (SSSR count). The number of ether oxygens (including phenoxy) is 2. The van der Waals surface area contributed by atoms with Crippen LogP contribution >= 0.6 is 15.9 Å². The number of carbonyl (C=O) groups is 1. The molecule has 0 aliphatic carbocycles. The van der Waals surface area contributed by atoms with Crippen LogP contribution in [-0.4, -0.2) is 37.1 Å². The van der Waals surface area contributed by atoms with E-state index in [0.717, 1.165) is 18.2 Å². The molecule has 2 heterocycles. The summed E-state index contributed by atoms with van der Waals surface area (Å²) in [7, 11) is 0. The number of carbonyl (C=O) groups excluding carboxylic acids is 1. The summed E-state index contributed by atoms with van der Waals surface area (Å²) in [4.78, 5) is 18.4. The van der Waals surface area contributed by atoms with Gasteiger partial charge in [-0.05, 0) is 34.1 Å². The predicted octanol–water partition coefficient (Wildman–Crippen LogP) is 3.93. The normalized spacial score (nSPS) is 14.3. The quantitative estimate of drug-likeness (QED) is 0.716. The maximum atomic E-state index is 13.7. The highest BCUT2D eigenvalue weighted by Crippen LogP contribution is 2.29. The molecule has 0 atom stereocenters. The fourth-order valence-corrected chi connectivity index (χ4v) is 2.96. The number of rotatable bonds is 4. The molecule has 1 saturated heterocycles. The van der Waals surface area contributed by atoms with Crippen LogP contribution in [0.1, 0.15) is 10.4 Å². The van der Waals surface area contributed by atoms with E-state index in [0.29, 0.717) is 30.2 Å². The van der Waals surface area contributed by atoms with Gasteiger partial charge in [0.25, 0.3) is 5.91 Å². The second kappa shape index (κ2) is 7.69. The van der Waals surface area contributed by atoms with Gasteiger partial charge in [-0.15, -0.1) is 13.2 Å². The summed E-state index contributed by atoms with van der Waals surface area (Å²) in [5, 5.41) is 2.39. The SMILES string of the molecule is O=C(Nc1ccc(OC(F)(F)F)c(F)c1)c1cnc(N2CCOC2)c(Br)c1. The minimum absolute atomic E-state index is 0.0276. The average Bonchev–Trinajstić information content (AvgIpc) is 3.10. The molecule has 2 aromatic rings. The van der Waals surface area contributed by atoms with Gasteiger partial charge in [0.2, 0.25) is 0 Å². The minimum atomic E-state index is -5.01. The number of nitrogens with zero attached hydrogens (tertiary/aromatic N) is 2. The lowest BCUT2D eigenvalue weighted by atomic mass is 10.2. The third-order valence-electron chi connectivity index (χ3n) is 3.55. The van der Waals surface area contributed by atoms with Gasteiger partial charge >= 0.3 is 6.36 Å². The lowest BCUT2D eigenvalue weighted by molar-refractivity contribution is -0.275. The van der Waals surface area contributed by atoms with E-state index in [2.05, 4.69) is 31.0 Å². The highest BCUT2D eigenvalue weighted by atomic mass is 79.9. The highest BCUT2D eigenvalue weighted by molar-refractivity contribution is 9.10. The third-order valence-corrected chi connectivity index (χ3v) is 4.14. The first-order valence-corrected chi connectivity index (χ1v) is 8.37. The Hall–Kier alpha value is -2.40. The maximum Gasteiger partial charge on any atom is 0.573 e. The summed E-state index contributed by atoms with van der Waals surface area (Å²) in [6.07, 6.45) is -3.67. The van der Waals surface area contributed by atoms with E-state index in [1.54, 1.807) is 0 Å². The molecule has 1 fully saturated rings. The zero-order chi connectivity index (χ0) is 19.6. The first kappa shape index (κ1) is 19.4. The van der Waals surface area contributed by atoms with E-state index in [1.807, 2.05) is 4.90 Å². The van der Waals surface area contributed by atoms with Crippen LogP contribution in [0.3, 0.4) is 0 Å². The Labute approximate surface area is 159 Å². The maximum absolute atomic E-state index is 13.7. The zero-order valence-electron chi connectivity index (χ0n) is 13.5. The van der Waals surface area contributed by atoms with Crippen molar-refractivity contribution < 1.29 is 31.8 Å². The van der Waals surface area contributed by atoms with Crippen LogP contribution in [0.5, 0.6) is 5.75 Å². The van der Waals surface area contributed by atoms with Gasteiger partial charge in [-0.2, -0.15) is 0 Å². The predicted molar refractivity (Wildman–Crippen MR) is 91.1 cm³/mol. The Bertz CT molecular complexity index is 857. The van der Waals surface area contributed by atoms with Crippen molar-refractivity contribution in [3.8, 4) is 5.75 Å². The van der Waals surface area contributed by atoms with E-state index in [9.17, 15) is 22.4 Å².